The Balaban J connectivity index is 2.20. The number of aromatic nitrogens is 2. The van der Waals surface area contributed by atoms with E-state index in [0.29, 0.717) is 6.04 Å². The number of rotatable bonds is 2. The van der Waals surface area contributed by atoms with Crippen LogP contribution in [0.1, 0.15) is 50.8 Å². The number of hydrogen-bond acceptors (Lipinski definition) is 2. The first kappa shape index (κ1) is 12.0. The maximum atomic E-state index is 6.07. The Morgan fingerprint density at radius 2 is 2.25 bits per heavy atom. The van der Waals surface area contributed by atoms with Crippen molar-refractivity contribution in [1.29, 1.82) is 0 Å². The molecular formula is C12H20BrN3. The molecule has 0 amide bonds. The Morgan fingerprint density at radius 1 is 1.50 bits per heavy atom. The third kappa shape index (κ3) is 2.12. The minimum Gasteiger partial charge on any atom is -0.383 e. The second-order valence-electron chi connectivity index (χ2n) is 4.82. The zero-order valence-corrected chi connectivity index (χ0v) is 11.6. The lowest BCUT2D eigenvalue weighted by Crippen LogP contribution is -2.21. The molecule has 0 spiro atoms. The molecule has 90 valence electrons. The average Bonchev–Trinajstić information content (AvgIpc) is 2.57. The van der Waals surface area contributed by atoms with Crippen molar-refractivity contribution in [2.45, 2.75) is 52.0 Å². The summed E-state index contributed by atoms with van der Waals surface area (Å²) >= 11 is 3.49. The van der Waals surface area contributed by atoms with Crippen molar-refractivity contribution in [3.05, 3.63) is 10.2 Å². The average molecular weight is 286 g/mol. The predicted molar refractivity (Wildman–Crippen MR) is 70.4 cm³/mol. The highest BCUT2D eigenvalue weighted by atomic mass is 79.9. The molecule has 2 unspecified atom stereocenters. The smallest absolute Gasteiger partial charge is 0.136 e. The lowest BCUT2D eigenvalue weighted by molar-refractivity contribution is 0.249. The van der Waals surface area contributed by atoms with E-state index in [9.17, 15) is 0 Å². The highest BCUT2D eigenvalue weighted by Crippen LogP contribution is 2.37. The van der Waals surface area contributed by atoms with Gasteiger partial charge < -0.3 is 5.73 Å². The number of nitrogens with zero attached hydrogens (tertiary/aromatic N) is 2. The molecule has 0 bridgehead atoms. The van der Waals surface area contributed by atoms with Crippen LogP contribution < -0.4 is 5.73 Å². The van der Waals surface area contributed by atoms with Crippen LogP contribution in [0.4, 0.5) is 5.82 Å². The van der Waals surface area contributed by atoms with Gasteiger partial charge in [-0.15, -0.1) is 0 Å². The monoisotopic (exact) mass is 285 g/mol. The van der Waals surface area contributed by atoms with Gasteiger partial charge in [0, 0.05) is 0 Å². The Labute approximate surface area is 106 Å². The molecule has 0 aromatic carbocycles. The molecule has 0 radical (unpaired) electrons. The Kier molecular flexibility index (Phi) is 3.57. The van der Waals surface area contributed by atoms with Crippen molar-refractivity contribution >= 4 is 21.7 Å². The molecule has 1 saturated carbocycles. The van der Waals surface area contributed by atoms with Gasteiger partial charge in [0.05, 0.1) is 16.2 Å². The van der Waals surface area contributed by atoms with Crippen molar-refractivity contribution in [1.82, 2.24) is 9.78 Å². The molecular weight excluding hydrogens is 266 g/mol. The minimum absolute atomic E-state index is 0.503. The van der Waals surface area contributed by atoms with E-state index in [1.165, 1.54) is 32.1 Å². The summed E-state index contributed by atoms with van der Waals surface area (Å²) < 4.78 is 2.99. The van der Waals surface area contributed by atoms with E-state index in [0.717, 1.165) is 21.9 Å². The van der Waals surface area contributed by atoms with Crippen LogP contribution in [0.3, 0.4) is 0 Å². The number of halogens is 1. The largest absolute Gasteiger partial charge is 0.383 e. The third-order valence-electron chi connectivity index (χ3n) is 3.73. The molecule has 0 saturated heterocycles. The minimum atomic E-state index is 0.503. The van der Waals surface area contributed by atoms with Crippen LogP contribution in [-0.4, -0.2) is 9.78 Å². The first-order valence-corrected chi connectivity index (χ1v) is 6.92. The SMILES string of the molecule is CCC1CCCC(n2nc(C)c(Br)c2N)C1. The summed E-state index contributed by atoms with van der Waals surface area (Å²) in [4.78, 5) is 0. The van der Waals surface area contributed by atoms with Gasteiger partial charge in [-0.3, -0.25) is 0 Å². The number of nitrogens with two attached hydrogens (primary N) is 1. The van der Waals surface area contributed by atoms with E-state index < -0.39 is 0 Å². The number of nitrogen functional groups attached to an aromatic ring is 1. The van der Waals surface area contributed by atoms with Gasteiger partial charge in [0.1, 0.15) is 5.82 Å². The summed E-state index contributed by atoms with van der Waals surface area (Å²) in [6, 6.07) is 0.503. The van der Waals surface area contributed by atoms with Crippen molar-refractivity contribution in [2.24, 2.45) is 5.92 Å². The van der Waals surface area contributed by atoms with Crippen LogP contribution in [0, 0.1) is 12.8 Å². The van der Waals surface area contributed by atoms with E-state index >= 15 is 0 Å². The van der Waals surface area contributed by atoms with Crippen LogP contribution in [0.15, 0.2) is 4.47 Å². The molecule has 2 atom stereocenters. The number of hydrogen-bond donors (Lipinski definition) is 1. The molecule has 1 fully saturated rings. The summed E-state index contributed by atoms with van der Waals surface area (Å²) in [6.45, 7) is 4.28. The molecule has 16 heavy (non-hydrogen) atoms. The van der Waals surface area contributed by atoms with E-state index in [4.69, 9.17) is 5.73 Å². The fraction of sp³-hybridized carbons (Fsp3) is 0.750. The summed E-state index contributed by atoms with van der Waals surface area (Å²) in [5.41, 5.74) is 7.07. The standard InChI is InChI=1S/C12H20BrN3/c1-3-9-5-4-6-10(7-9)16-12(14)11(13)8(2)15-16/h9-10H,3-7,14H2,1-2H3. The third-order valence-corrected chi connectivity index (χ3v) is 4.71. The topological polar surface area (TPSA) is 43.8 Å². The van der Waals surface area contributed by atoms with Gasteiger partial charge in [-0.1, -0.05) is 26.2 Å². The summed E-state index contributed by atoms with van der Waals surface area (Å²) in [5, 5.41) is 4.55. The van der Waals surface area contributed by atoms with Gasteiger partial charge in [-0.25, -0.2) is 4.68 Å². The Bertz CT molecular complexity index is 373. The van der Waals surface area contributed by atoms with Crippen molar-refractivity contribution in [3.8, 4) is 0 Å². The lowest BCUT2D eigenvalue weighted by Gasteiger charge is -2.29. The van der Waals surface area contributed by atoms with Crippen molar-refractivity contribution < 1.29 is 0 Å². The first-order valence-electron chi connectivity index (χ1n) is 6.13. The van der Waals surface area contributed by atoms with Gasteiger partial charge in [0.15, 0.2) is 0 Å². The van der Waals surface area contributed by atoms with Crippen LogP contribution in [0.25, 0.3) is 0 Å². The Hall–Kier alpha value is -0.510. The van der Waals surface area contributed by atoms with Gasteiger partial charge in [0.2, 0.25) is 0 Å². The summed E-state index contributed by atoms with van der Waals surface area (Å²) in [6.07, 6.45) is 6.40. The fourth-order valence-electron chi connectivity index (χ4n) is 2.68. The molecule has 4 heteroatoms. The molecule has 1 aliphatic carbocycles. The maximum absolute atomic E-state index is 6.07. The number of anilines is 1. The van der Waals surface area contributed by atoms with E-state index in [2.05, 4.69) is 28.0 Å². The molecule has 1 aromatic heterocycles. The van der Waals surface area contributed by atoms with Crippen LogP contribution in [-0.2, 0) is 0 Å². The maximum Gasteiger partial charge on any atom is 0.136 e. The van der Waals surface area contributed by atoms with E-state index in [-0.39, 0.29) is 0 Å². The van der Waals surface area contributed by atoms with Gasteiger partial charge in [0.25, 0.3) is 0 Å². The normalized spacial score (nSPS) is 25.9. The molecule has 1 heterocycles. The zero-order valence-electron chi connectivity index (χ0n) is 10.0. The van der Waals surface area contributed by atoms with Crippen LogP contribution >= 0.6 is 15.9 Å². The molecule has 1 aliphatic rings. The zero-order chi connectivity index (χ0) is 11.7. The quantitative estimate of drug-likeness (QED) is 0.901. The number of aryl methyl sites for hydroxylation is 1. The fourth-order valence-corrected chi connectivity index (χ4v) is 2.94. The van der Waals surface area contributed by atoms with Crippen LogP contribution in [0.2, 0.25) is 0 Å². The van der Waals surface area contributed by atoms with Gasteiger partial charge in [-0.2, -0.15) is 5.10 Å². The summed E-state index contributed by atoms with van der Waals surface area (Å²) in [7, 11) is 0. The first-order chi connectivity index (χ1) is 7.63. The van der Waals surface area contributed by atoms with Crippen LogP contribution in [0.5, 0.6) is 0 Å². The molecule has 1 aromatic rings. The highest BCUT2D eigenvalue weighted by Gasteiger charge is 2.25. The van der Waals surface area contributed by atoms with Gasteiger partial charge >= 0.3 is 0 Å². The van der Waals surface area contributed by atoms with Crippen molar-refractivity contribution in [2.75, 3.05) is 5.73 Å². The molecule has 2 rings (SSSR count). The lowest BCUT2D eigenvalue weighted by atomic mass is 9.84. The molecule has 2 N–H and O–H groups in total. The molecule has 0 aliphatic heterocycles. The highest BCUT2D eigenvalue weighted by molar-refractivity contribution is 9.10. The van der Waals surface area contributed by atoms with Gasteiger partial charge in [-0.05, 0) is 41.6 Å². The molecule has 3 nitrogen and oxygen atoms in total. The van der Waals surface area contributed by atoms with E-state index in [1.807, 2.05) is 11.6 Å². The Morgan fingerprint density at radius 3 is 2.81 bits per heavy atom. The predicted octanol–water partition coefficient (Wildman–Crippen LogP) is 3.68. The summed E-state index contributed by atoms with van der Waals surface area (Å²) in [5.74, 6) is 1.64. The van der Waals surface area contributed by atoms with E-state index in [1.54, 1.807) is 0 Å². The van der Waals surface area contributed by atoms with Crippen molar-refractivity contribution in [3.63, 3.8) is 0 Å². The second kappa shape index (κ2) is 4.78. The second-order valence-corrected chi connectivity index (χ2v) is 5.62.